The molecule has 0 bridgehead atoms. The summed E-state index contributed by atoms with van der Waals surface area (Å²) in [6.45, 7) is 0. The van der Waals surface area contributed by atoms with Gasteiger partial charge in [-0.3, -0.25) is 0 Å². The molecule has 102 valence electrons. The van der Waals surface area contributed by atoms with E-state index in [2.05, 4.69) is 22.5 Å². The third-order valence-electron chi connectivity index (χ3n) is 2.99. The van der Waals surface area contributed by atoms with Crippen LogP contribution in [0.25, 0.3) is 9.88 Å². The number of rotatable bonds is 4. The Bertz CT molecular complexity index is 691. The minimum Gasteiger partial charge on any atom is -0.324 e. The van der Waals surface area contributed by atoms with Gasteiger partial charge in [0.25, 0.3) is 0 Å². The fraction of sp³-hybridized carbons (Fsp3) is 0.133. The number of hydrogen-bond acceptors (Lipinski definition) is 4. The summed E-state index contributed by atoms with van der Waals surface area (Å²) < 4.78 is 0.790. The molecule has 2 aromatic heterocycles. The highest BCUT2D eigenvalue weighted by Gasteiger charge is 2.11. The number of nitrogens with zero attached hydrogens (tertiary/aromatic N) is 1. The zero-order valence-electron chi connectivity index (χ0n) is 10.6. The van der Waals surface area contributed by atoms with Gasteiger partial charge < -0.3 is 5.73 Å². The molecule has 0 amide bonds. The molecule has 2 heterocycles. The Labute approximate surface area is 130 Å². The molecule has 0 aliphatic carbocycles. The van der Waals surface area contributed by atoms with Gasteiger partial charge in [0.1, 0.15) is 5.01 Å². The van der Waals surface area contributed by atoms with Crippen molar-refractivity contribution in [3.8, 4) is 9.88 Å². The molecule has 1 atom stereocenters. The van der Waals surface area contributed by atoms with E-state index in [1.165, 1.54) is 0 Å². The SMILES string of the molecule is NC(Cc1csc(-c2ccc(Cl)s2)n1)c1ccccc1. The second-order valence-corrected chi connectivity index (χ2v) is 7.04. The van der Waals surface area contributed by atoms with Crippen molar-refractivity contribution in [2.75, 3.05) is 0 Å². The molecule has 2 N–H and O–H groups in total. The van der Waals surface area contributed by atoms with Crippen LogP contribution in [0, 0.1) is 0 Å². The summed E-state index contributed by atoms with van der Waals surface area (Å²) in [5.74, 6) is 0. The number of halogens is 1. The molecule has 2 nitrogen and oxygen atoms in total. The Kier molecular flexibility index (Phi) is 4.17. The van der Waals surface area contributed by atoms with Gasteiger partial charge >= 0.3 is 0 Å². The van der Waals surface area contributed by atoms with Crippen molar-refractivity contribution in [1.29, 1.82) is 0 Å². The van der Waals surface area contributed by atoms with Gasteiger partial charge in [-0.25, -0.2) is 4.98 Å². The summed E-state index contributed by atoms with van der Waals surface area (Å²) >= 11 is 9.15. The van der Waals surface area contributed by atoms with Crippen LogP contribution in [0.15, 0.2) is 47.8 Å². The molecule has 0 aliphatic rings. The molecular formula is C15H13ClN2S2. The molecular weight excluding hydrogens is 308 g/mol. The average Bonchev–Trinajstić information content (AvgIpc) is 3.09. The summed E-state index contributed by atoms with van der Waals surface area (Å²) in [6.07, 6.45) is 0.750. The molecule has 0 fully saturated rings. The van der Waals surface area contributed by atoms with Gasteiger partial charge in [0, 0.05) is 17.8 Å². The average molecular weight is 321 g/mol. The van der Waals surface area contributed by atoms with Crippen molar-refractivity contribution in [2.24, 2.45) is 5.73 Å². The number of hydrogen-bond donors (Lipinski definition) is 1. The van der Waals surface area contributed by atoms with Crippen LogP contribution in [0.4, 0.5) is 0 Å². The van der Waals surface area contributed by atoms with Crippen molar-refractivity contribution in [3.05, 3.63) is 63.4 Å². The van der Waals surface area contributed by atoms with E-state index in [1.807, 2.05) is 30.3 Å². The van der Waals surface area contributed by atoms with E-state index in [1.54, 1.807) is 22.7 Å². The quantitative estimate of drug-likeness (QED) is 0.752. The van der Waals surface area contributed by atoms with Crippen molar-refractivity contribution in [1.82, 2.24) is 4.98 Å². The number of aromatic nitrogens is 1. The molecule has 1 aromatic carbocycles. The number of thiophene rings is 1. The molecule has 20 heavy (non-hydrogen) atoms. The summed E-state index contributed by atoms with van der Waals surface area (Å²) in [7, 11) is 0. The molecule has 5 heteroatoms. The topological polar surface area (TPSA) is 38.9 Å². The third-order valence-corrected chi connectivity index (χ3v) is 5.28. The van der Waals surface area contributed by atoms with Crippen LogP contribution in [-0.4, -0.2) is 4.98 Å². The lowest BCUT2D eigenvalue weighted by Crippen LogP contribution is -2.13. The lowest BCUT2D eigenvalue weighted by atomic mass is 10.0. The van der Waals surface area contributed by atoms with E-state index >= 15 is 0 Å². The Balaban J connectivity index is 1.74. The van der Waals surface area contributed by atoms with E-state index in [0.717, 1.165) is 31.9 Å². The first-order valence-electron chi connectivity index (χ1n) is 6.23. The summed E-state index contributed by atoms with van der Waals surface area (Å²) in [4.78, 5) is 5.76. The van der Waals surface area contributed by atoms with Crippen LogP contribution in [0.2, 0.25) is 4.34 Å². The predicted octanol–water partition coefficient (Wildman–Crippen LogP) is 4.77. The molecule has 0 spiro atoms. The molecule has 0 aliphatic heterocycles. The van der Waals surface area contributed by atoms with Crippen molar-refractivity contribution >= 4 is 34.3 Å². The van der Waals surface area contributed by atoms with Gasteiger partial charge in [0.05, 0.1) is 14.9 Å². The first-order chi connectivity index (χ1) is 9.72. The molecule has 0 saturated carbocycles. The van der Waals surface area contributed by atoms with Crippen molar-refractivity contribution < 1.29 is 0 Å². The summed E-state index contributed by atoms with van der Waals surface area (Å²) in [5.41, 5.74) is 8.40. The minimum absolute atomic E-state index is 0.0157. The highest BCUT2D eigenvalue weighted by atomic mass is 35.5. The number of nitrogens with two attached hydrogens (primary N) is 1. The zero-order chi connectivity index (χ0) is 13.9. The lowest BCUT2D eigenvalue weighted by molar-refractivity contribution is 0.710. The maximum atomic E-state index is 6.23. The first kappa shape index (κ1) is 13.8. The predicted molar refractivity (Wildman–Crippen MR) is 87.5 cm³/mol. The molecule has 1 unspecified atom stereocenters. The second kappa shape index (κ2) is 6.06. The van der Waals surface area contributed by atoms with Crippen LogP contribution in [0.3, 0.4) is 0 Å². The van der Waals surface area contributed by atoms with E-state index in [9.17, 15) is 0 Å². The monoisotopic (exact) mass is 320 g/mol. The lowest BCUT2D eigenvalue weighted by Gasteiger charge is -2.09. The number of thiazole rings is 1. The van der Waals surface area contributed by atoms with Crippen molar-refractivity contribution in [2.45, 2.75) is 12.5 Å². The molecule has 3 aromatic rings. The Morgan fingerprint density at radius 2 is 1.95 bits per heavy atom. The van der Waals surface area contributed by atoms with Crippen LogP contribution in [-0.2, 0) is 6.42 Å². The van der Waals surface area contributed by atoms with Gasteiger partial charge in [0.15, 0.2) is 0 Å². The van der Waals surface area contributed by atoms with E-state index in [-0.39, 0.29) is 6.04 Å². The molecule has 0 saturated heterocycles. The maximum Gasteiger partial charge on any atom is 0.133 e. The van der Waals surface area contributed by atoms with Gasteiger partial charge in [-0.2, -0.15) is 0 Å². The largest absolute Gasteiger partial charge is 0.324 e. The van der Waals surface area contributed by atoms with E-state index < -0.39 is 0 Å². The fourth-order valence-electron chi connectivity index (χ4n) is 1.99. The van der Waals surface area contributed by atoms with Crippen LogP contribution in [0.5, 0.6) is 0 Å². The highest BCUT2D eigenvalue weighted by molar-refractivity contribution is 7.23. The Hall–Kier alpha value is -1.20. The van der Waals surface area contributed by atoms with Gasteiger partial charge in [0.2, 0.25) is 0 Å². The van der Waals surface area contributed by atoms with Crippen LogP contribution in [0.1, 0.15) is 17.3 Å². The normalized spacial score (nSPS) is 12.5. The van der Waals surface area contributed by atoms with Crippen LogP contribution < -0.4 is 5.73 Å². The van der Waals surface area contributed by atoms with E-state index in [0.29, 0.717) is 0 Å². The third kappa shape index (κ3) is 3.10. The standard InChI is InChI=1S/C15H13ClN2S2/c16-14-7-6-13(20-14)15-18-11(9-19-15)8-12(17)10-4-2-1-3-5-10/h1-7,9,12H,8,17H2. The Morgan fingerprint density at radius 3 is 2.65 bits per heavy atom. The zero-order valence-corrected chi connectivity index (χ0v) is 13.0. The van der Waals surface area contributed by atoms with Gasteiger partial charge in [-0.1, -0.05) is 41.9 Å². The summed E-state index contributed by atoms with van der Waals surface area (Å²) in [5, 5.41) is 3.09. The second-order valence-electron chi connectivity index (χ2n) is 4.47. The number of benzene rings is 1. The van der Waals surface area contributed by atoms with Crippen molar-refractivity contribution in [3.63, 3.8) is 0 Å². The first-order valence-corrected chi connectivity index (χ1v) is 8.30. The fourth-order valence-corrected chi connectivity index (χ4v) is 3.93. The van der Waals surface area contributed by atoms with Crippen LogP contribution >= 0.6 is 34.3 Å². The van der Waals surface area contributed by atoms with E-state index in [4.69, 9.17) is 17.3 Å². The summed E-state index contributed by atoms with van der Waals surface area (Å²) in [6, 6.07) is 14.0. The molecule has 3 rings (SSSR count). The highest BCUT2D eigenvalue weighted by Crippen LogP contribution is 2.33. The van der Waals surface area contributed by atoms with Gasteiger partial charge in [-0.15, -0.1) is 22.7 Å². The molecule has 0 radical (unpaired) electrons. The minimum atomic E-state index is -0.0157. The van der Waals surface area contributed by atoms with Gasteiger partial charge in [-0.05, 0) is 17.7 Å². The Morgan fingerprint density at radius 1 is 1.15 bits per heavy atom. The smallest absolute Gasteiger partial charge is 0.133 e. The maximum absolute atomic E-state index is 6.23.